The summed E-state index contributed by atoms with van der Waals surface area (Å²) in [5.74, 6) is -0.159. The molecule has 7 heteroatoms. The molecule has 0 heterocycles. The van der Waals surface area contributed by atoms with Gasteiger partial charge in [0.05, 0.1) is 0 Å². The Balaban J connectivity index is 1.71. The zero-order chi connectivity index (χ0) is 18.9. The number of ether oxygens (including phenoxy) is 2. The molecule has 0 fully saturated rings. The first kappa shape index (κ1) is 19.6. The molecule has 0 aliphatic heterocycles. The molecule has 138 valence electrons. The zero-order valence-corrected chi connectivity index (χ0v) is 15.1. The minimum atomic E-state index is -1.02. The Morgan fingerprint density at radius 1 is 1.08 bits per heavy atom. The lowest BCUT2D eigenvalue weighted by atomic mass is 10.1. The SMILES string of the molecule is Cc1c(Cl)cccc1OCC(=O)NCCc1ccc(OCC(=O)O)cc1. The molecule has 0 spiro atoms. The molecule has 0 unspecified atom stereocenters. The van der Waals surface area contributed by atoms with Gasteiger partial charge in [-0.05, 0) is 43.2 Å². The van der Waals surface area contributed by atoms with Crippen molar-refractivity contribution < 1.29 is 24.2 Å². The molecule has 0 atom stereocenters. The lowest BCUT2D eigenvalue weighted by Crippen LogP contribution is -2.30. The summed E-state index contributed by atoms with van der Waals surface area (Å²) in [5, 5.41) is 11.9. The number of nitrogens with one attached hydrogen (secondary N) is 1. The van der Waals surface area contributed by atoms with E-state index in [9.17, 15) is 9.59 Å². The average Bonchev–Trinajstić information content (AvgIpc) is 2.62. The van der Waals surface area contributed by atoms with E-state index in [4.69, 9.17) is 26.2 Å². The number of rotatable bonds is 9. The number of carboxylic acid groups (broad SMARTS) is 1. The lowest BCUT2D eigenvalue weighted by Gasteiger charge is -2.10. The van der Waals surface area contributed by atoms with Crippen molar-refractivity contribution in [1.82, 2.24) is 5.32 Å². The van der Waals surface area contributed by atoms with Crippen molar-refractivity contribution in [2.45, 2.75) is 13.3 Å². The maximum absolute atomic E-state index is 11.9. The fourth-order valence-electron chi connectivity index (χ4n) is 2.18. The molecule has 26 heavy (non-hydrogen) atoms. The predicted molar refractivity (Wildman–Crippen MR) is 98.0 cm³/mol. The molecule has 6 nitrogen and oxygen atoms in total. The van der Waals surface area contributed by atoms with Gasteiger partial charge < -0.3 is 19.9 Å². The van der Waals surface area contributed by atoms with E-state index < -0.39 is 5.97 Å². The Hall–Kier alpha value is -2.73. The van der Waals surface area contributed by atoms with E-state index in [-0.39, 0.29) is 19.1 Å². The molecule has 0 aliphatic rings. The fraction of sp³-hybridized carbons (Fsp3) is 0.263. The first-order valence-electron chi connectivity index (χ1n) is 8.04. The van der Waals surface area contributed by atoms with Gasteiger partial charge in [-0.1, -0.05) is 29.8 Å². The van der Waals surface area contributed by atoms with Gasteiger partial charge in [-0.15, -0.1) is 0 Å². The third kappa shape index (κ3) is 6.29. The maximum atomic E-state index is 11.9. The Morgan fingerprint density at radius 2 is 1.81 bits per heavy atom. The fourth-order valence-corrected chi connectivity index (χ4v) is 2.35. The molecule has 1 amide bonds. The summed E-state index contributed by atoms with van der Waals surface area (Å²) in [6, 6.07) is 12.4. The largest absolute Gasteiger partial charge is 0.483 e. The van der Waals surface area contributed by atoms with E-state index in [1.807, 2.05) is 19.1 Å². The van der Waals surface area contributed by atoms with Crippen LogP contribution in [0.5, 0.6) is 11.5 Å². The number of hydrogen-bond acceptors (Lipinski definition) is 4. The van der Waals surface area contributed by atoms with Crippen LogP contribution in [0, 0.1) is 6.92 Å². The van der Waals surface area contributed by atoms with Crippen molar-refractivity contribution in [3.8, 4) is 11.5 Å². The highest BCUT2D eigenvalue weighted by molar-refractivity contribution is 6.31. The number of carboxylic acids is 1. The number of aliphatic carboxylic acids is 1. The number of carbonyl (C=O) groups is 2. The number of carbonyl (C=O) groups excluding carboxylic acids is 1. The molecule has 2 N–H and O–H groups in total. The summed E-state index contributed by atoms with van der Waals surface area (Å²) in [4.78, 5) is 22.3. The molecule has 2 aromatic rings. The molecule has 2 aromatic carbocycles. The third-order valence-electron chi connectivity index (χ3n) is 3.60. The summed E-state index contributed by atoms with van der Waals surface area (Å²) in [6.45, 7) is 1.84. The van der Waals surface area contributed by atoms with Crippen LogP contribution in [0.15, 0.2) is 42.5 Å². The first-order chi connectivity index (χ1) is 12.5. The van der Waals surface area contributed by atoms with E-state index in [1.165, 1.54) is 0 Å². The summed E-state index contributed by atoms with van der Waals surface area (Å²) in [7, 11) is 0. The number of amides is 1. The normalized spacial score (nSPS) is 10.2. The topological polar surface area (TPSA) is 84.9 Å². The van der Waals surface area contributed by atoms with Gasteiger partial charge in [0, 0.05) is 17.1 Å². The molecule has 0 aliphatic carbocycles. The Labute approximate surface area is 156 Å². The maximum Gasteiger partial charge on any atom is 0.341 e. The minimum Gasteiger partial charge on any atom is -0.483 e. The van der Waals surface area contributed by atoms with Crippen molar-refractivity contribution in [3.05, 3.63) is 58.6 Å². The summed E-state index contributed by atoms with van der Waals surface area (Å²) in [6.07, 6.45) is 0.640. The van der Waals surface area contributed by atoms with E-state index in [2.05, 4.69) is 5.32 Å². The molecular weight excluding hydrogens is 358 g/mol. The average molecular weight is 378 g/mol. The standard InChI is InChI=1S/C19H20ClNO5/c1-13-16(20)3-2-4-17(13)26-11-18(22)21-10-9-14-5-7-15(8-6-14)25-12-19(23)24/h2-8H,9-12H2,1H3,(H,21,22)(H,23,24). The summed E-state index contributed by atoms with van der Waals surface area (Å²) < 4.78 is 10.5. The summed E-state index contributed by atoms with van der Waals surface area (Å²) >= 11 is 6.01. The van der Waals surface area contributed by atoms with Crippen LogP contribution >= 0.6 is 11.6 Å². The van der Waals surface area contributed by atoms with Gasteiger partial charge in [-0.25, -0.2) is 4.79 Å². The molecule has 0 aromatic heterocycles. The van der Waals surface area contributed by atoms with Gasteiger partial charge >= 0.3 is 5.97 Å². The van der Waals surface area contributed by atoms with Crippen LogP contribution in [0.4, 0.5) is 0 Å². The van der Waals surface area contributed by atoms with E-state index >= 15 is 0 Å². The van der Waals surface area contributed by atoms with Gasteiger partial charge in [-0.3, -0.25) is 4.79 Å². The molecule has 0 saturated carbocycles. The molecular formula is C19H20ClNO5. The smallest absolute Gasteiger partial charge is 0.341 e. The monoisotopic (exact) mass is 377 g/mol. The second-order valence-electron chi connectivity index (χ2n) is 5.58. The minimum absolute atomic E-state index is 0.0802. The highest BCUT2D eigenvalue weighted by atomic mass is 35.5. The predicted octanol–water partition coefficient (Wildman–Crippen LogP) is 2.85. The molecule has 0 radical (unpaired) electrons. The van der Waals surface area contributed by atoms with Crippen LogP contribution in [-0.2, 0) is 16.0 Å². The van der Waals surface area contributed by atoms with Gasteiger partial charge in [0.25, 0.3) is 5.91 Å². The summed E-state index contributed by atoms with van der Waals surface area (Å²) in [5.41, 5.74) is 1.80. The van der Waals surface area contributed by atoms with Crippen LogP contribution in [0.1, 0.15) is 11.1 Å². The molecule has 0 saturated heterocycles. The third-order valence-corrected chi connectivity index (χ3v) is 4.01. The number of halogens is 1. The Morgan fingerprint density at radius 3 is 2.50 bits per heavy atom. The highest BCUT2D eigenvalue weighted by Crippen LogP contribution is 2.24. The lowest BCUT2D eigenvalue weighted by molar-refractivity contribution is -0.139. The molecule has 2 rings (SSSR count). The second kappa shape index (κ2) is 9.68. The quantitative estimate of drug-likeness (QED) is 0.702. The van der Waals surface area contributed by atoms with Crippen molar-refractivity contribution >= 4 is 23.5 Å². The zero-order valence-electron chi connectivity index (χ0n) is 14.3. The van der Waals surface area contributed by atoms with Gasteiger partial charge in [0.15, 0.2) is 13.2 Å². The van der Waals surface area contributed by atoms with Crippen molar-refractivity contribution in [3.63, 3.8) is 0 Å². The van der Waals surface area contributed by atoms with E-state index in [1.54, 1.807) is 30.3 Å². The van der Waals surface area contributed by atoms with E-state index in [0.29, 0.717) is 29.5 Å². The van der Waals surface area contributed by atoms with Crippen molar-refractivity contribution in [2.75, 3.05) is 19.8 Å². The van der Waals surface area contributed by atoms with Gasteiger partial charge in [0.1, 0.15) is 11.5 Å². The van der Waals surface area contributed by atoms with Crippen LogP contribution in [0.2, 0.25) is 5.02 Å². The molecule has 0 bridgehead atoms. The number of hydrogen-bond donors (Lipinski definition) is 2. The van der Waals surface area contributed by atoms with Crippen molar-refractivity contribution in [1.29, 1.82) is 0 Å². The van der Waals surface area contributed by atoms with Crippen LogP contribution in [0.25, 0.3) is 0 Å². The van der Waals surface area contributed by atoms with Crippen LogP contribution in [0.3, 0.4) is 0 Å². The van der Waals surface area contributed by atoms with Gasteiger partial charge in [-0.2, -0.15) is 0 Å². The second-order valence-corrected chi connectivity index (χ2v) is 5.99. The van der Waals surface area contributed by atoms with Crippen molar-refractivity contribution in [2.24, 2.45) is 0 Å². The van der Waals surface area contributed by atoms with E-state index in [0.717, 1.165) is 11.1 Å². The highest BCUT2D eigenvalue weighted by Gasteiger charge is 2.07. The van der Waals surface area contributed by atoms with Gasteiger partial charge in [0.2, 0.25) is 0 Å². The number of benzene rings is 2. The first-order valence-corrected chi connectivity index (χ1v) is 8.41. The Bertz CT molecular complexity index is 761. The Kier molecular flexibility index (Phi) is 7.29. The van der Waals surface area contributed by atoms with Crippen LogP contribution in [-0.4, -0.2) is 36.7 Å². The van der Waals surface area contributed by atoms with Crippen LogP contribution < -0.4 is 14.8 Å².